The third-order valence-corrected chi connectivity index (χ3v) is 6.26. The van der Waals surface area contributed by atoms with Crippen molar-refractivity contribution in [2.75, 3.05) is 5.32 Å². The lowest BCUT2D eigenvalue weighted by Crippen LogP contribution is -2.16. The maximum atomic E-state index is 12.7. The molecule has 158 valence electrons. The molecule has 6 nitrogen and oxygen atoms in total. The fourth-order valence-electron chi connectivity index (χ4n) is 3.70. The van der Waals surface area contributed by atoms with Crippen molar-refractivity contribution in [3.63, 3.8) is 0 Å². The predicted molar refractivity (Wildman–Crippen MR) is 125 cm³/mol. The Labute approximate surface area is 189 Å². The number of benzene rings is 2. The molecule has 5 rings (SSSR count). The highest BCUT2D eigenvalue weighted by molar-refractivity contribution is 7.97. The average Bonchev–Trinajstić information content (AvgIpc) is 3.64. The molecule has 0 aliphatic heterocycles. The van der Waals surface area contributed by atoms with Gasteiger partial charge in [0.2, 0.25) is 5.91 Å². The van der Waals surface area contributed by atoms with Crippen LogP contribution in [0.3, 0.4) is 0 Å². The summed E-state index contributed by atoms with van der Waals surface area (Å²) in [6, 6.07) is 20.7. The summed E-state index contributed by atoms with van der Waals surface area (Å²) in [4.78, 5) is 33.3. The number of rotatable bonds is 6. The van der Waals surface area contributed by atoms with E-state index in [4.69, 9.17) is 0 Å². The highest BCUT2D eigenvalue weighted by Crippen LogP contribution is 2.48. The van der Waals surface area contributed by atoms with Gasteiger partial charge in [-0.2, -0.15) is 0 Å². The van der Waals surface area contributed by atoms with Gasteiger partial charge in [-0.15, -0.1) is 0 Å². The third-order valence-electron chi connectivity index (χ3n) is 5.52. The van der Waals surface area contributed by atoms with E-state index in [0.29, 0.717) is 5.56 Å². The van der Waals surface area contributed by atoms with Gasteiger partial charge in [0.25, 0.3) is 5.91 Å². The number of nitrogens with one attached hydrogen (secondary N) is 2. The van der Waals surface area contributed by atoms with E-state index < -0.39 is 0 Å². The van der Waals surface area contributed by atoms with Gasteiger partial charge in [-0.05, 0) is 65.8 Å². The second kappa shape index (κ2) is 8.80. The van der Waals surface area contributed by atoms with Gasteiger partial charge in [-0.3, -0.25) is 19.3 Å². The van der Waals surface area contributed by atoms with E-state index in [0.717, 1.165) is 33.5 Å². The maximum Gasteiger partial charge on any atom is 0.261 e. The molecule has 2 atom stereocenters. The summed E-state index contributed by atoms with van der Waals surface area (Å²) >= 11 is 1.18. The molecule has 4 aromatic rings. The Morgan fingerprint density at radius 2 is 1.81 bits per heavy atom. The van der Waals surface area contributed by atoms with E-state index in [-0.39, 0.29) is 23.7 Å². The fraction of sp³-hybridized carbons (Fsp3) is 0.120. The summed E-state index contributed by atoms with van der Waals surface area (Å²) < 4.78 is 2.79. The van der Waals surface area contributed by atoms with Gasteiger partial charge < -0.3 is 5.32 Å². The van der Waals surface area contributed by atoms with Crippen LogP contribution in [0.25, 0.3) is 10.8 Å². The lowest BCUT2D eigenvalue weighted by molar-refractivity contribution is -0.117. The fourth-order valence-corrected chi connectivity index (χ4v) is 4.27. The molecule has 32 heavy (non-hydrogen) atoms. The molecule has 2 aromatic heterocycles. The molecule has 0 radical (unpaired) electrons. The van der Waals surface area contributed by atoms with Crippen LogP contribution in [-0.2, 0) is 4.79 Å². The second-order valence-corrected chi connectivity index (χ2v) is 8.53. The standard InChI is InChI=1S/C25H20N4O2S/c30-24(29-32-23-3-1-2-11-27-23)17-6-4-16(5-7-17)21-14-22(21)25(31)28-20-9-8-19-15-26-12-10-18(19)13-20/h1-13,15,21-22H,14H2,(H,28,31)(H,29,30)/t21-,22?/m0/s1. The predicted octanol–water partition coefficient (Wildman–Crippen LogP) is 4.81. The van der Waals surface area contributed by atoms with Gasteiger partial charge in [0.05, 0.1) is 0 Å². The summed E-state index contributed by atoms with van der Waals surface area (Å²) in [5, 5.41) is 5.84. The minimum atomic E-state index is -0.177. The van der Waals surface area contributed by atoms with Crippen LogP contribution in [-0.4, -0.2) is 21.8 Å². The van der Waals surface area contributed by atoms with Gasteiger partial charge in [0, 0.05) is 53.1 Å². The number of fused-ring (bicyclic) bond motifs is 1. The Balaban J connectivity index is 1.17. The molecular formula is C25H20N4O2S. The van der Waals surface area contributed by atoms with Crippen molar-refractivity contribution < 1.29 is 9.59 Å². The highest BCUT2D eigenvalue weighted by atomic mass is 32.2. The van der Waals surface area contributed by atoms with E-state index in [1.165, 1.54) is 11.9 Å². The molecule has 0 bridgehead atoms. The molecule has 2 amide bonds. The molecule has 1 saturated carbocycles. The molecule has 1 aliphatic rings. The number of carbonyl (C=O) groups is 2. The van der Waals surface area contributed by atoms with Crippen LogP contribution in [0.1, 0.15) is 28.3 Å². The molecular weight excluding hydrogens is 420 g/mol. The lowest BCUT2D eigenvalue weighted by atomic mass is 10.1. The van der Waals surface area contributed by atoms with Gasteiger partial charge in [0.1, 0.15) is 5.03 Å². The van der Waals surface area contributed by atoms with Crippen molar-refractivity contribution in [1.29, 1.82) is 0 Å². The number of amides is 2. The van der Waals surface area contributed by atoms with Crippen LogP contribution in [0, 0.1) is 5.92 Å². The Kier molecular flexibility index (Phi) is 5.56. The Bertz CT molecular complexity index is 1280. The first-order valence-corrected chi connectivity index (χ1v) is 11.1. The molecule has 1 fully saturated rings. The Morgan fingerprint density at radius 3 is 2.62 bits per heavy atom. The first kappa shape index (κ1) is 20.2. The Hall–Kier alpha value is -3.71. The monoisotopic (exact) mass is 440 g/mol. The molecule has 0 saturated heterocycles. The van der Waals surface area contributed by atoms with Crippen molar-refractivity contribution in [2.45, 2.75) is 17.4 Å². The number of hydrogen-bond acceptors (Lipinski definition) is 5. The van der Waals surface area contributed by atoms with Crippen LogP contribution in [0.2, 0.25) is 0 Å². The number of pyridine rings is 2. The smallest absolute Gasteiger partial charge is 0.261 e. The quantitative estimate of drug-likeness (QED) is 0.421. The van der Waals surface area contributed by atoms with Gasteiger partial charge in [-0.25, -0.2) is 4.98 Å². The van der Waals surface area contributed by atoms with Crippen molar-refractivity contribution >= 4 is 40.2 Å². The van der Waals surface area contributed by atoms with E-state index in [1.807, 2.05) is 54.6 Å². The molecule has 1 aliphatic carbocycles. The first-order valence-electron chi connectivity index (χ1n) is 10.3. The molecule has 2 aromatic carbocycles. The lowest BCUT2D eigenvalue weighted by Gasteiger charge is -2.07. The maximum absolute atomic E-state index is 12.7. The zero-order valence-electron chi connectivity index (χ0n) is 17.1. The largest absolute Gasteiger partial charge is 0.326 e. The summed E-state index contributed by atoms with van der Waals surface area (Å²) in [5.41, 5.74) is 2.44. The summed E-state index contributed by atoms with van der Waals surface area (Å²) in [7, 11) is 0. The van der Waals surface area contributed by atoms with Gasteiger partial charge >= 0.3 is 0 Å². The average molecular weight is 441 g/mol. The van der Waals surface area contributed by atoms with Crippen LogP contribution in [0.4, 0.5) is 5.69 Å². The molecule has 7 heteroatoms. The van der Waals surface area contributed by atoms with Crippen molar-refractivity contribution in [3.05, 3.63) is 96.4 Å². The minimum absolute atomic E-state index is 0.0250. The molecule has 2 N–H and O–H groups in total. The Morgan fingerprint density at radius 1 is 0.938 bits per heavy atom. The second-order valence-electron chi connectivity index (χ2n) is 7.70. The van der Waals surface area contributed by atoms with E-state index in [9.17, 15) is 9.59 Å². The van der Waals surface area contributed by atoms with E-state index in [2.05, 4.69) is 20.0 Å². The highest BCUT2D eigenvalue weighted by Gasteiger charge is 2.43. The summed E-state index contributed by atoms with van der Waals surface area (Å²) in [6.07, 6.45) is 6.04. The zero-order chi connectivity index (χ0) is 21.9. The van der Waals surface area contributed by atoms with Crippen LogP contribution in [0.15, 0.2) is 90.3 Å². The first-order chi connectivity index (χ1) is 15.7. The number of carbonyl (C=O) groups excluding carboxylic acids is 2. The number of nitrogens with zero attached hydrogens (tertiary/aromatic N) is 2. The summed E-state index contributed by atoms with van der Waals surface area (Å²) in [5.74, 6) is -0.0250. The summed E-state index contributed by atoms with van der Waals surface area (Å²) in [6.45, 7) is 0. The topological polar surface area (TPSA) is 84.0 Å². The number of hydrogen-bond donors (Lipinski definition) is 2. The van der Waals surface area contributed by atoms with Crippen LogP contribution < -0.4 is 10.0 Å². The molecule has 1 unspecified atom stereocenters. The molecule has 0 spiro atoms. The van der Waals surface area contributed by atoms with Crippen LogP contribution >= 0.6 is 11.9 Å². The third kappa shape index (κ3) is 4.48. The minimum Gasteiger partial charge on any atom is -0.326 e. The van der Waals surface area contributed by atoms with Crippen molar-refractivity contribution in [1.82, 2.24) is 14.7 Å². The van der Waals surface area contributed by atoms with Crippen LogP contribution in [0.5, 0.6) is 0 Å². The zero-order valence-corrected chi connectivity index (χ0v) is 17.9. The van der Waals surface area contributed by atoms with Crippen molar-refractivity contribution in [3.8, 4) is 0 Å². The normalized spacial score (nSPS) is 17.0. The van der Waals surface area contributed by atoms with Gasteiger partial charge in [0.15, 0.2) is 0 Å². The van der Waals surface area contributed by atoms with Crippen molar-refractivity contribution in [2.24, 2.45) is 5.92 Å². The van der Waals surface area contributed by atoms with E-state index in [1.54, 1.807) is 30.7 Å². The SMILES string of the molecule is O=C(NSc1ccccn1)c1ccc([C@@H]2CC2C(=O)Nc2ccc3cnccc3c2)cc1. The number of anilines is 1. The number of aromatic nitrogens is 2. The van der Waals surface area contributed by atoms with Gasteiger partial charge in [-0.1, -0.05) is 24.3 Å². The molecule has 2 heterocycles. The van der Waals surface area contributed by atoms with E-state index >= 15 is 0 Å².